The quantitative estimate of drug-likeness (QED) is 0.206. The van der Waals surface area contributed by atoms with E-state index in [1.165, 1.54) is 15.7 Å². The highest BCUT2D eigenvalue weighted by molar-refractivity contribution is 7.51. The van der Waals surface area contributed by atoms with E-state index in [1.807, 2.05) is 30.3 Å². The Morgan fingerprint density at radius 2 is 2.03 bits per heavy atom. The summed E-state index contributed by atoms with van der Waals surface area (Å²) in [6.07, 6.45) is -1.89. The molecule has 2 heterocycles. The second-order valence-corrected chi connectivity index (χ2v) is 10.4. The van der Waals surface area contributed by atoms with Crippen LogP contribution in [0.25, 0.3) is 5.70 Å². The zero-order valence-electron chi connectivity index (χ0n) is 18.9. The Hall–Kier alpha value is -1.82. The number of unbranched alkanes of at least 4 members (excludes halogenated alkanes) is 1. The topological polar surface area (TPSA) is 145 Å². The summed E-state index contributed by atoms with van der Waals surface area (Å²) < 4.78 is 33.6. The Labute approximate surface area is 203 Å². The summed E-state index contributed by atoms with van der Waals surface area (Å²) in [6, 6.07) is 9.29. The molecule has 0 spiro atoms. The molecule has 0 bridgehead atoms. The molecule has 11 nitrogen and oxygen atoms in total. The Morgan fingerprint density at radius 3 is 2.68 bits per heavy atom. The van der Waals surface area contributed by atoms with Gasteiger partial charge in [-0.1, -0.05) is 36.9 Å². The van der Waals surface area contributed by atoms with Crippen LogP contribution >= 0.6 is 19.3 Å². The first-order chi connectivity index (χ1) is 16.2. The molecular weight excluding hydrogens is 485 g/mol. The van der Waals surface area contributed by atoms with Crippen LogP contribution in [0.1, 0.15) is 30.5 Å². The number of aromatic nitrogens is 3. The normalized spacial score (nSPS) is 24.4. The Balaban J connectivity index is 1.67. The molecule has 0 amide bonds. The summed E-state index contributed by atoms with van der Waals surface area (Å²) in [7, 11) is -2.12. The fraction of sp³-hybridized carbons (Fsp3) is 0.524. The molecule has 4 N–H and O–H groups in total. The Bertz CT molecular complexity index is 980. The lowest BCUT2D eigenvalue weighted by Gasteiger charge is -2.28. The van der Waals surface area contributed by atoms with Crippen molar-refractivity contribution in [3.63, 3.8) is 0 Å². The maximum atomic E-state index is 13.7. The molecule has 1 aliphatic rings. The van der Waals surface area contributed by atoms with Gasteiger partial charge in [-0.2, -0.15) is 0 Å². The summed E-state index contributed by atoms with van der Waals surface area (Å²) in [5.41, 5.74) is 6.57. The third-order valence-corrected chi connectivity index (χ3v) is 7.55. The SMILES string of the molecule is C=C(N)c1ncn([C@@H]2O[C@H](COP(=O)(OCc3ccccc3)N(C)CCCCCl)[C@@H](O)[C@H]2O)n1. The molecular formula is C21H31ClN5O6P. The van der Waals surface area contributed by atoms with Crippen molar-refractivity contribution < 1.29 is 28.6 Å². The number of aliphatic hydroxyl groups excluding tert-OH is 2. The number of halogens is 1. The van der Waals surface area contributed by atoms with Crippen LogP contribution in [0.15, 0.2) is 43.2 Å². The number of nitrogens with two attached hydrogens (primary N) is 1. The number of benzene rings is 1. The molecule has 2 aromatic rings. The predicted molar refractivity (Wildman–Crippen MR) is 127 cm³/mol. The van der Waals surface area contributed by atoms with Crippen molar-refractivity contribution >= 4 is 25.0 Å². The van der Waals surface area contributed by atoms with Gasteiger partial charge in [0.25, 0.3) is 0 Å². The van der Waals surface area contributed by atoms with Crippen molar-refractivity contribution in [3.8, 4) is 0 Å². The largest absolute Gasteiger partial charge is 0.408 e. The van der Waals surface area contributed by atoms with Gasteiger partial charge in [0, 0.05) is 12.4 Å². The van der Waals surface area contributed by atoms with Crippen molar-refractivity contribution in [2.45, 2.75) is 44.0 Å². The van der Waals surface area contributed by atoms with Crippen molar-refractivity contribution in [3.05, 3.63) is 54.6 Å². The van der Waals surface area contributed by atoms with Gasteiger partial charge in [0.1, 0.15) is 24.6 Å². The lowest BCUT2D eigenvalue weighted by atomic mass is 10.1. The first-order valence-electron chi connectivity index (χ1n) is 10.8. The molecule has 1 saturated heterocycles. The van der Waals surface area contributed by atoms with Gasteiger partial charge >= 0.3 is 7.75 Å². The minimum atomic E-state index is -3.76. The molecule has 1 aliphatic heterocycles. The van der Waals surface area contributed by atoms with Crippen LogP contribution in [0.2, 0.25) is 0 Å². The lowest BCUT2D eigenvalue weighted by molar-refractivity contribution is -0.0583. The second kappa shape index (κ2) is 12.2. The molecule has 0 aliphatic carbocycles. The fourth-order valence-corrected chi connectivity index (χ4v) is 5.01. The molecule has 1 unspecified atom stereocenters. The highest BCUT2D eigenvalue weighted by Crippen LogP contribution is 2.52. The number of hydrogen-bond acceptors (Lipinski definition) is 9. The molecule has 0 radical (unpaired) electrons. The van der Waals surface area contributed by atoms with Gasteiger partial charge in [-0.15, -0.1) is 16.7 Å². The first-order valence-corrected chi connectivity index (χ1v) is 12.9. The summed E-state index contributed by atoms with van der Waals surface area (Å²) in [4.78, 5) is 3.98. The van der Waals surface area contributed by atoms with E-state index in [0.29, 0.717) is 18.8 Å². The Kier molecular flexibility index (Phi) is 9.64. The highest BCUT2D eigenvalue weighted by Gasteiger charge is 2.46. The molecule has 1 aromatic carbocycles. The number of aliphatic hydroxyl groups is 2. The zero-order chi connectivity index (χ0) is 24.7. The van der Waals surface area contributed by atoms with E-state index in [4.69, 9.17) is 31.1 Å². The second-order valence-electron chi connectivity index (χ2n) is 7.92. The smallest absolute Gasteiger partial charge is 0.396 e. The maximum Gasteiger partial charge on any atom is 0.408 e. The maximum absolute atomic E-state index is 13.7. The summed E-state index contributed by atoms with van der Waals surface area (Å²) in [5.74, 6) is 0.676. The zero-order valence-corrected chi connectivity index (χ0v) is 20.6. The average molecular weight is 516 g/mol. The van der Waals surface area contributed by atoms with Gasteiger partial charge in [-0.25, -0.2) is 18.9 Å². The van der Waals surface area contributed by atoms with Gasteiger partial charge < -0.3 is 20.7 Å². The highest BCUT2D eigenvalue weighted by atomic mass is 35.5. The summed E-state index contributed by atoms with van der Waals surface area (Å²) in [6.45, 7) is 3.78. The van der Waals surface area contributed by atoms with Crippen LogP contribution in [-0.4, -0.2) is 74.0 Å². The van der Waals surface area contributed by atoms with Gasteiger partial charge in [0.05, 0.1) is 18.9 Å². The molecule has 13 heteroatoms. The number of alkyl halides is 1. The standard InChI is InChI=1S/C21H31ClN5O6P/c1-15(23)20-24-14-27(25-20)21-19(29)18(28)17(33-21)13-32-34(30,26(2)11-7-6-10-22)31-12-16-8-4-3-5-9-16/h3-5,8-9,14,17-19,21,28-29H,1,6-7,10-13,23H2,2H3/t17-,18-,19-,21-,34?/m1/s1. The molecule has 1 fully saturated rings. The van der Waals surface area contributed by atoms with E-state index in [2.05, 4.69) is 16.7 Å². The Morgan fingerprint density at radius 1 is 1.29 bits per heavy atom. The summed E-state index contributed by atoms with van der Waals surface area (Å²) >= 11 is 5.76. The van der Waals surface area contributed by atoms with Crippen molar-refractivity contribution in [2.24, 2.45) is 5.73 Å². The lowest BCUT2D eigenvalue weighted by Crippen LogP contribution is -2.34. The fourth-order valence-electron chi connectivity index (χ4n) is 3.32. The van der Waals surface area contributed by atoms with E-state index < -0.39 is 32.3 Å². The monoisotopic (exact) mass is 515 g/mol. The van der Waals surface area contributed by atoms with Crippen molar-refractivity contribution in [1.29, 1.82) is 0 Å². The number of ether oxygens (including phenoxy) is 1. The summed E-state index contributed by atoms with van der Waals surface area (Å²) in [5, 5.41) is 25.1. The van der Waals surface area contributed by atoms with Crippen LogP contribution in [0, 0.1) is 0 Å². The minimum Gasteiger partial charge on any atom is -0.396 e. The molecule has 34 heavy (non-hydrogen) atoms. The van der Waals surface area contributed by atoms with Gasteiger partial charge in [-0.3, -0.25) is 9.05 Å². The van der Waals surface area contributed by atoms with E-state index >= 15 is 0 Å². The minimum absolute atomic E-state index is 0.0714. The predicted octanol–water partition coefficient (Wildman–Crippen LogP) is 2.12. The van der Waals surface area contributed by atoms with E-state index in [1.54, 1.807) is 7.05 Å². The van der Waals surface area contributed by atoms with Crippen LogP contribution in [0.4, 0.5) is 0 Å². The van der Waals surface area contributed by atoms with Crippen LogP contribution in [0.3, 0.4) is 0 Å². The van der Waals surface area contributed by atoms with Crippen LogP contribution in [0.5, 0.6) is 0 Å². The van der Waals surface area contributed by atoms with E-state index in [9.17, 15) is 14.8 Å². The average Bonchev–Trinajstić information content (AvgIpc) is 3.43. The molecule has 188 valence electrons. The van der Waals surface area contributed by atoms with Gasteiger partial charge in [0.15, 0.2) is 12.1 Å². The van der Waals surface area contributed by atoms with Crippen molar-refractivity contribution in [1.82, 2.24) is 19.4 Å². The van der Waals surface area contributed by atoms with E-state index in [-0.39, 0.29) is 24.7 Å². The molecule has 3 rings (SSSR count). The molecule has 5 atom stereocenters. The molecule has 1 aromatic heterocycles. The van der Waals surface area contributed by atoms with E-state index in [0.717, 1.165) is 12.0 Å². The molecule has 0 saturated carbocycles. The van der Waals surface area contributed by atoms with Crippen molar-refractivity contribution in [2.75, 3.05) is 26.1 Å². The van der Waals surface area contributed by atoms with Crippen LogP contribution in [-0.2, 0) is 25.0 Å². The third kappa shape index (κ3) is 6.65. The first kappa shape index (κ1) is 26.8. The van der Waals surface area contributed by atoms with Gasteiger partial charge in [0.2, 0.25) is 0 Å². The number of hydrogen-bond donors (Lipinski definition) is 3. The van der Waals surface area contributed by atoms with Crippen LogP contribution < -0.4 is 5.73 Å². The number of nitrogens with zero attached hydrogens (tertiary/aromatic N) is 4. The van der Waals surface area contributed by atoms with Gasteiger partial charge in [-0.05, 0) is 25.5 Å². The number of rotatable bonds is 13. The third-order valence-electron chi connectivity index (χ3n) is 5.32.